The van der Waals surface area contributed by atoms with E-state index < -0.39 is 13.4 Å². The van der Waals surface area contributed by atoms with Crippen molar-refractivity contribution in [2.24, 2.45) is 0 Å². The van der Waals surface area contributed by atoms with E-state index in [1.807, 2.05) is 54.6 Å². The topological polar surface area (TPSA) is 17.1 Å². The Labute approximate surface area is 151 Å². The summed E-state index contributed by atoms with van der Waals surface area (Å²) in [6.07, 6.45) is 0. The van der Waals surface area contributed by atoms with Crippen molar-refractivity contribution in [3.63, 3.8) is 0 Å². The molecule has 0 saturated carbocycles. The Morgan fingerprint density at radius 1 is 0.800 bits per heavy atom. The molecule has 0 fully saturated rings. The zero-order valence-corrected chi connectivity index (χ0v) is 17.3. The number of halogens is 4. The quantitative estimate of drug-likeness (QED) is 0.348. The smallest absolute Gasteiger partial charge is 0.172 e. The fraction of sp³-hybridized carbons (Fsp3) is 0.143. The molecule has 2 aromatic carbocycles. The molecule has 104 valence electrons. The molecule has 0 N–H and O–H groups in total. The maximum Gasteiger partial charge on any atom is 0.172 e. The number of alkyl halides is 4. The Hall–Kier alpha value is 0.590. The van der Waals surface area contributed by atoms with E-state index in [0.29, 0.717) is 0 Å². The second-order valence-corrected chi connectivity index (χ2v) is 15.6. The lowest BCUT2D eigenvalue weighted by Gasteiger charge is -2.32. The van der Waals surface area contributed by atoms with Crippen molar-refractivity contribution in [1.82, 2.24) is 0 Å². The number of hydrogen-bond acceptors (Lipinski definition) is 1. The second kappa shape index (κ2) is 5.06. The van der Waals surface area contributed by atoms with Crippen LogP contribution in [0.4, 0.5) is 0 Å². The molecular weight excluding hydrogens is 535 g/mol. The summed E-state index contributed by atoms with van der Waals surface area (Å²) in [5.74, 6) is 0. The van der Waals surface area contributed by atoms with Gasteiger partial charge in [0.15, 0.2) is 10.1 Å². The average molecular weight is 544 g/mol. The molecule has 0 aliphatic carbocycles. The Kier molecular flexibility index (Phi) is 3.91. The van der Waals surface area contributed by atoms with Gasteiger partial charge in [-0.1, -0.05) is 118 Å². The van der Waals surface area contributed by atoms with Crippen LogP contribution < -0.4 is 10.6 Å². The Balaban J connectivity index is 2.40. The van der Waals surface area contributed by atoms with Gasteiger partial charge in [0.05, 0.1) is 0 Å². The third-order valence-corrected chi connectivity index (χ3v) is 15.7. The van der Waals surface area contributed by atoms with Gasteiger partial charge in [0, 0.05) is 10.6 Å². The number of fused-ring (bicyclic) bond motifs is 1. The predicted molar refractivity (Wildman–Crippen MR) is 99.9 cm³/mol. The van der Waals surface area contributed by atoms with Gasteiger partial charge < -0.3 is 4.57 Å². The molecule has 3 rings (SSSR count). The second-order valence-electron chi connectivity index (χ2n) is 4.58. The van der Waals surface area contributed by atoms with Gasteiger partial charge >= 0.3 is 0 Å². The molecular formula is C14H9Br4OP. The molecule has 0 saturated heterocycles. The largest absolute Gasteiger partial charge is 0.311 e. The van der Waals surface area contributed by atoms with Crippen LogP contribution in [0, 0.1) is 0 Å². The van der Waals surface area contributed by atoms with E-state index in [1.54, 1.807) is 0 Å². The van der Waals surface area contributed by atoms with Crippen molar-refractivity contribution in [3.05, 3.63) is 60.2 Å². The summed E-state index contributed by atoms with van der Waals surface area (Å²) >= 11 is 14.7. The Bertz CT molecular complexity index is 712. The minimum atomic E-state index is -2.90. The van der Waals surface area contributed by atoms with E-state index in [2.05, 4.69) is 63.7 Å². The molecule has 1 aliphatic rings. The van der Waals surface area contributed by atoms with E-state index in [-0.39, 0.29) is 0 Å². The highest BCUT2D eigenvalue weighted by molar-refractivity contribution is 9.31. The van der Waals surface area contributed by atoms with E-state index in [9.17, 15) is 4.57 Å². The Morgan fingerprint density at radius 3 is 2.00 bits per heavy atom. The lowest BCUT2D eigenvalue weighted by molar-refractivity contribution is 0.585. The minimum Gasteiger partial charge on any atom is -0.311 e. The van der Waals surface area contributed by atoms with E-state index in [4.69, 9.17) is 0 Å². The van der Waals surface area contributed by atoms with Gasteiger partial charge in [-0.2, -0.15) is 0 Å². The van der Waals surface area contributed by atoms with Crippen LogP contribution in [0.15, 0.2) is 54.6 Å². The van der Waals surface area contributed by atoms with Crippen LogP contribution in [0.3, 0.4) is 0 Å². The molecule has 0 radical (unpaired) electrons. The molecule has 0 spiro atoms. The first kappa shape index (κ1) is 15.5. The first-order valence-corrected chi connectivity index (χ1v) is 10.7. The lowest BCUT2D eigenvalue weighted by atomic mass is 10.2. The highest BCUT2D eigenvalue weighted by atomic mass is 79.9. The molecule has 1 heterocycles. The molecule has 0 aromatic heterocycles. The zero-order valence-electron chi connectivity index (χ0n) is 10.1. The van der Waals surface area contributed by atoms with Crippen molar-refractivity contribution in [2.75, 3.05) is 0 Å². The fourth-order valence-electron chi connectivity index (χ4n) is 2.46. The normalized spacial score (nSPS) is 26.2. The molecule has 6 heteroatoms. The van der Waals surface area contributed by atoms with Gasteiger partial charge in [0.2, 0.25) is 0 Å². The molecule has 1 atom stereocenters. The zero-order chi connectivity index (χ0) is 14.6. The number of benzene rings is 2. The number of rotatable bonds is 1. The summed E-state index contributed by atoms with van der Waals surface area (Å²) in [6, 6.07) is 17.4. The van der Waals surface area contributed by atoms with E-state index in [0.717, 1.165) is 16.2 Å². The van der Waals surface area contributed by atoms with Crippen molar-refractivity contribution < 1.29 is 4.57 Å². The summed E-state index contributed by atoms with van der Waals surface area (Å²) < 4.78 is 12.5. The van der Waals surface area contributed by atoms with Crippen LogP contribution in [-0.2, 0) is 7.80 Å². The van der Waals surface area contributed by atoms with Crippen LogP contribution >= 0.6 is 70.9 Å². The first-order chi connectivity index (χ1) is 9.33. The SMILES string of the molecule is O=P1(c2ccccc2)c2ccccc2C(Br)(Br)C1(Br)Br. The standard InChI is InChI=1S/C14H9Br4OP/c15-13(16)11-8-4-5-9-12(11)20(19,14(13,17)18)10-6-2-1-3-7-10/h1-9H. The van der Waals surface area contributed by atoms with Gasteiger partial charge in [-0.05, 0) is 5.56 Å². The molecule has 1 nitrogen and oxygen atoms in total. The lowest BCUT2D eigenvalue weighted by Crippen LogP contribution is -2.29. The van der Waals surface area contributed by atoms with Crippen LogP contribution in [0.25, 0.3) is 0 Å². The molecule has 0 bridgehead atoms. The van der Waals surface area contributed by atoms with Gasteiger partial charge in [0.1, 0.15) is 3.23 Å². The summed E-state index contributed by atoms with van der Waals surface area (Å²) in [6.45, 7) is 0. The van der Waals surface area contributed by atoms with Crippen LogP contribution in [0.2, 0.25) is 0 Å². The van der Waals surface area contributed by atoms with Gasteiger partial charge in [-0.3, -0.25) is 0 Å². The van der Waals surface area contributed by atoms with Crippen molar-refractivity contribution in [2.45, 2.75) is 6.21 Å². The third kappa shape index (κ3) is 1.86. The summed E-state index contributed by atoms with van der Waals surface area (Å²) in [5, 5.41) is 1.68. The van der Waals surface area contributed by atoms with Crippen LogP contribution in [0.1, 0.15) is 5.56 Å². The average Bonchev–Trinajstić information content (AvgIpc) is 2.58. The predicted octanol–water partition coefficient (Wildman–Crippen LogP) is 5.40. The van der Waals surface area contributed by atoms with Crippen LogP contribution in [0.5, 0.6) is 0 Å². The van der Waals surface area contributed by atoms with Crippen molar-refractivity contribution in [3.8, 4) is 0 Å². The van der Waals surface area contributed by atoms with E-state index in [1.165, 1.54) is 0 Å². The summed E-state index contributed by atoms with van der Waals surface area (Å²) in [5.41, 5.74) is 0.973. The fourth-order valence-corrected chi connectivity index (χ4v) is 10.7. The minimum absolute atomic E-state index is 0.644. The summed E-state index contributed by atoms with van der Waals surface area (Å²) in [4.78, 5) is 0. The number of hydrogen-bond donors (Lipinski definition) is 0. The summed E-state index contributed by atoms with van der Waals surface area (Å²) in [7, 11) is -2.90. The van der Waals surface area contributed by atoms with Gasteiger partial charge in [-0.15, -0.1) is 0 Å². The monoisotopic (exact) mass is 540 g/mol. The van der Waals surface area contributed by atoms with Gasteiger partial charge in [0.25, 0.3) is 0 Å². The molecule has 2 aromatic rings. The molecule has 0 amide bonds. The maximum atomic E-state index is 14.0. The Morgan fingerprint density at radius 2 is 1.35 bits per heavy atom. The molecule has 1 aliphatic heterocycles. The van der Waals surface area contributed by atoms with Crippen LogP contribution in [-0.4, -0.2) is 2.97 Å². The molecule has 1 unspecified atom stereocenters. The van der Waals surface area contributed by atoms with E-state index >= 15 is 0 Å². The highest BCUT2D eigenvalue weighted by Crippen LogP contribution is 2.78. The first-order valence-electron chi connectivity index (χ1n) is 5.85. The molecule has 20 heavy (non-hydrogen) atoms. The van der Waals surface area contributed by atoms with Crippen molar-refractivity contribution >= 4 is 81.5 Å². The highest BCUT2D eigenvalue weighted by Gasteiger charge is 2.66. The maximum absolute atomic E-state index is 14.0. The van der Waals surface area contributed by atoms with Gasteiger partial charge in [-0.25, -0.2) is 0 Å². The third-order valence-electron chi connectivity index (χ3n) is 3.47. The van der Waals surface area contributed by atoms with Crippen molar-refractivity contribution in [1.29, 1.82) is 0 Å².